The summed E-state index contributed by atoms with van der Waals surface area (Å²) in [6.07, 6.45) is 4.27. The summed E-state index contributed by atoms with van der Waals surface area (Å²) < 4.78 is 1.74. The van der Waals surface area contributed by atoms with Crippen molar-refractivity contribution in [3.8, 4) is 5.69 Å². The van der Waals surface area contributed by atoms with Gasteiger partial charge in [-0.25, -0.2) is 14.7 Å². The van der Waals surface area contributed by atoms with Crippen molar-refractivity contribution in [1.82, 2.24) is 30.3 Å². The highest BCUT2D eigenvalue weighted by molar-refractivity contribution is 5.79. The zero-order chi connectivity index (χ0) is 21.9. The first-order valence-electron chi connectivity index (χ1n) is 10.9. The van der Waals surface area contributed by atoms with Crippen LogP contribution in [0.2, 0.25) is 0 Å². The largest absolute Gasteiger partial charge is 0.357 e. The third-order valence-corrected chi connectivity index (χ3v) is 5.27. The second-order valence-corrected chi connectivity index (χ2v) is 7.67. The maximum Gasteiger partial charge on any atom is 0.191 e. The molecule has 0 aliphatic carbocycles. The van der Waals surface area contributed by atoms with Crippen LogP contribution in [0.15, 0.2) is 72.2 Å². The molecule has 1 aromatic heterocycles. The number of guanidine groups is 1. The first kappa shape index (κ1) is 22.5. The highest BCUT2D eigenvalue weighted by Gasteiger charge is 2.10. The number of hydrogen-bond acceptors (Lipinski definition) is 4. The fourth-order valence-electron chi connectivity index (χ4n) is 3.25. The molecule has 0 spiro atoms. The maximum atomic E-state index is 4.73. The van der Waals surface area contributed by atoms with Crippen LogP contribution in [-0.4, -0.2) is 51.8 Å². The predicted molar refractivity (Wildman–Crippen MR) is 126 cm³/mol. The van der Waals surface area contributed by atoms with Gasteiger partial charge in [-0.05, 0) is 50.6 Å². The Bertz CT molecular complexity index is 905. The molecular formula is C24H33N7. The normalized spacial score (nSPS) is 12.7. The Balaban J connectivity index is 1.47. The Morgan fingerprint density at radius 3 is 2.52 bits per heavy atom. The second-order valence-electron chi connectivity index (χ2n) is 7.67. The first-order valence-corrected chi connectivity index (χ1v) is 10.9. The molecule has 0 fully saturated rings. The van der Waals surface area contributed by atoms with Crippen molar-refractivity contribution in [1.29, 1.82) is 0 Å². The van der Waals surface area contributed by atoms with Gasteiger partial charge in [0.1, 0.15) is 12.7 Å². The van der Waals surface area contributed by atoms with Gasteiger partial charge in [-0.1, -0.05) is 42.5 Å². The molecule has 3 rings (SSSR count). The monoisotopic (exact) mass is 419 g/mol. The van der Waals surface area contributed by atoms with E-state index < -0.39 is 0 Å². The van der Waals surface area contributed by atoms with Crippen LogP contribution in [-0.2, 0) is 13.1 Å². The van der Waals surface area contributed by atoms with Crippen LogP contribution >= 0.6 is 0 Å². The van der Waals surface area contributed by atoms with Crippen LogP contribution < -0.4 is 10.6 Å². The average molecular weight is 420 g/mol. The number of aliphatic imine (C=N–C) groups is 1. The minimum Gasteiger partial charge on any atom is -0.357 e. The molecule has 1 atom stereocenters. The van der Waals surface area contributed by atoms with Crippen LogP contribution in [0.5, 0.6) is 0 Å². The summed E-state index contributed by atoms with van der Waals surface area (Å²) in [7, 11) is 2.18. The molecular weight excluding hydrogens is 386 g/mol. The van der Waals surface area contributed by atoms with Crippen LogP contribution in [0.4, 0.5) is 0 Å². The minimum absolute atomic E-state index is 0.472. The lowest BCUT2D eigenvalue weighted by Crippen LogP contribution is -2.40. The van der Waals surface area contributed by atoms with Gasteiger partial charge in [0, 0.05) is 25.7 Å². The van der Waals surface area contributed by atoms with E-state index in [4.69, 9.17) is 4.99 Å². The van der Waals surface area contributed by atoms with Crippen molar-refractivity contribution in [2.24, 2.45) is 4.99 Å². The average Bonchev–Trinajstić information content (AvgIpc) is 3.33. The molecule has 2 aromatic carbocycles. The maximum absolute atomic E-state index is 4.73. The van der Waals surface area contributed by atoms with Gasteiger partial charge in [0.2, 0.25) is 0 Å². The van der Waals surface area contributed by atoms with E-state index >= 15 is 0 Å². The van der Waals surface area contributed by atoms with Crippen LogP contribution in [0.25, 0.3) is 5.69 Å². The summed E-state index contributed by atoms with van der Waals surface area (Å²) in [6, 6.07) is 19.3. The third kappa shape index (κ3) is 7.22. The predicted octanol–water partition coefficient (Wildman–Crippen LogP) is 3.23. The van der Waals surface area contributed by atoms with Gasteiger partial charge in [0.15, 0.2) is 5.96 Å². The molecule has 0 saturated heterocycles. The van der Waals surface area contributed by atoms with Gasteiger partial charge < -0.3 is 10.6 Å². The number of nitrogens with one attached hydrogen (secondary N) is 2. The quantitative estimate of drug-likeness (QED) is 0.390. The van der Waals surface area contributed by atoms with Crippen LogP contribution in [0, 0.1) is 0 Å². The highest BCUT2D eigenvalue weighted by Crippen LogP contribution is 2.10. The number of benzene rings is 2. The van der Waals surface area contributed by atoms with Crippen molar-refractivity contribution in [3.05, 3.63) is 78.4 Å². The zero-order valence-corrected chi connectivity index (χ0v) is 18.7. The van der Waals surface area contributed by atoms with E-state index in [1.165, 1.54) is 11.9 Å². The lowest BCUT2D eigenvalue weighted by atomic mass is 10.1. The summed E-state index contributed by atoms with van der Waals surface area (Å²) in [5, 5.41) is 10.9. The van der Waals surface area contributed by atoms with Gasteiger partial charge in [-0.3, -0.25) is 4.90 Å². The molecule has 3 aromatic rings. The van der Waals surface area contributed by atoms with E-state index in [9.17, 15) is 0 Å². The van der Waals surface area contributed by atoms with Crippen molar-refractivity contribution >= 4 is 5.96 Å². The standard InChI is InChI=1S/C24H33N7/c1-4-26-24(27-15-14-20(2)30(3)17-22-8-6-5-7-9-22)28-16-21-10-12-23(13-11-21)31-19-25-18-29-31/h5-13,18-20H,4,14-17H2,1-3H3,(H2,26,27,28). The van der Waals surface area contributed by atoms with Crippen LogP contribution in [0.1, 0.15) is 31.4 Å². The Morgan fingerprint density at radius 1 is 1.06 bits per heavy atom. The minimum atomic E-state index is 0.472. The molecule has 2 N–H and O–H groups in total. The molecule has 0 aliphatic heterocycles. The SMILES string of the molecule is CCNC(=NCc1ccc(-n2cncn2)cc1)NCCC(C)N(C)Cc1ccccc1. The van der Waals surface area contributed by atoms with Crippen LogP contribution in [0.3, 0.4) is 0 Å². The van der Waals surface area contributed by atoms with Crippen molar-refractivity contribution in [2.45, 2.75) is 39.4 Å². The Hall–Kier alpha value is -3.19. The third-order valence-electron chi connectivity index (χ3n) is 5.27. The van der Waals surface area contributed by atoms with E-state index in [0.717, 1.165) is 43.3 Å². The molecule has 0 radical (unpaired) electrons. The van der Waals surface area contributed by atoms with Gasteiger partial charge in [0.25, 0.3) is 0 Å². The summed E-state index contributed by atoms with van der Waals surface area (Å²) in [4.78, 5) is 11.1. The summed E-state index contributed by atoms with van der Waals surface area (Å²) in [5.41, 5.74) is 3.48. The molecule has 1 heterocycles. The van der Waals surface area contributed by atoms with Crippen molar-refractivity contribution in [3.63, 3.8) is 0 Å². The Morgan fingerprint density at radius 2 is 1.84 bits per heavy atom. The lowest BCUT2D eigenvalue weighted by Gasteiger charge is -2.25. The van der Waals surface area contributed by atoms with Gasteiger partial charge in [-0.2, -0.15) is 5.10 Å². The van der Waals surface area contributed by atoms with Crippen molar-refractivity contribution in [2.75, 3.05) is 20.1 Å². The van der Waals surface area contributed by atoms with E-state index in [1.54, 1.807) is 11.0 Å². The van der Waals surface area contributed by atoms with E-state index in [0.29, 0.717) is 12.6 Å². The second kappa shape index (κ2) is 11.9. The first-order chi connectivity index (χ1) is 15.2. The van der Waals surface area contributed by atoms with Crippen molar-refractivity contribution < 1.29 is 0 Å². The molecule has 1 unspecified atom stereocenters. The lowest BCUT2D eigenvalue weighted by molar-refractivity contribution is 0.238. The molecule has 0 saturated carbocycles. The number of aromatic nitrogens is 3. The fourth-order valence-corrected chi connectivity index (χ4v) is 3.25. The Kier molecular flexibility index (Phi) is 8.60. The molecule has 0 bridgehead atoms. The molecule has 0 amide bonds. The molecule has 7 heteroatoms. The smallest absolute Gasteiger partial charge is 0.191 e. The van der Waals surface area contributed by atoms with Gasteiger partial charge in [0.05, 0.1) is 12.2 Å². The summed E-state index contributed by atoms with van der Waals surface area (Å²) in [5.74, 6) is 0.848. The van der Waals surface area contributed by atoms with Gasteiger partial charge >= 0.3 is 0 Å². The number of nitrogens with zero attached hydrogens (tertiary/aromatic N) is 5. The Labute approximate surface area is 185 Å². The van der Waals surface area contributed by atoms with E-state index in [2.05, 4.69) is 89.0 Å². The number of hydrogen-bond donors (Lipinski definition) is 2. The molecule has 164 valence electrons. The summed E-state index contributed by atoms with van der Waals surface area (Å²) in [6.45, 7) is 7.64. The number of rotatable bonds is 10. The van der Waals surface area contributed by atoms with E-state index in [1.807, 2.05) is 12.1 Å². The van der Waals surface area contributed by atoms with E-state index in [-0.39, 0.29) is 0 Å². The topological polar surface area (TPSA) is 70.4 Å². The zero-order valence-electron chi connectivity index (χ0n) is 18.7. The molecule has 31 heavy (non-hydrogen) atoms. The van der Waals surface area contributed by atoms with Gasteiger partial charge in [-0.15, -0.1) is 0 Å². The molecule has 7 nitrogen and oxygen atoms in total. The fraction of sp³-hybridized carbons (Fsp3) is 0.375. The molecule has 0 aliphatic rings. The summed E-state index contributed by atoms with van der Waals surface area (Å²) >= 11 is 0. The highest BCUT2D eigenvalue weighted by atomic mass is 15.3.